The Balaban J connectivity index is 4.30. The number of halogens is 1. The molecule has 0 heterocycles. The van der Waals surface area contributed by atoms with Gasteiger partial charge < -0.3 is 4.74 Å². The zero-order valence-corrected chi connectivity index (χ0v) is 9.55. The van der Waals surface area contributed by atoms with Crippen LogP contribution in [-0.2, 0) is 4.74 Å². The van der Waals surface area contributed by atoms with Gasteiger partial charge in [-0.2, -0.15) is 0 Å². The first kappa shape index (κ1) is 13.2. The summed E-state index contributed by atoms with van der Waals surface area (Å²) in [5.74, 6) is 0. The van der Waals surface area contributed by atoms with Crippen molar-refractivity contribution >= 4 is 11.6 Å². The monoisotopic (exact) mass is 212 g/mol. The summed E-state index contributed by atoms with van der Waals surface area (Å²) in [7, 11) is 1.62. The van der Waals surface area contributed by atoms with E-state index in [2.05, 4.69) is 13.2 Å². The molecule has 0 N–H and O–H groups in total. The number of allylic oxidation sites excluding steroid dienone is 3. The van der Waals surface area contributed by atoms with Gasteiger partial charge in [-0.15, -0.1) is 6.58 Å². The Morgan fingerprint density at radius 1 is 1.50 bits per heavy atom. The highest BCUT2D eigenvalue weighted by Crippen LogP contribution is 2.10. The van der Waals surface area contributed by atoms with Crippen molar-refractivity contribution in [3.63, 3.8) is 0 Å². The molecule has 0 rings (SSSR count). The lowest BCUT2D eigenvalue weighted by Gasteiger charge is -2.09. The maximum atomic E-state index is 5.88. The van der Waals surface area contributed by atoms with Crippen molar-refractivity contribution in [2.75, 3.05) is 7.11 Å². The molecule has 0 aromatic heterocycles. The van der Waals surface area contributed by atoms with E-state index in [1.54, 1.807) is 13.2 Å². The highest BCUT2D eigenvalue weighted by atomic mass is 35.5. The van der Waals surface area contributed by atoms with Crippen LogP contribution in [0.2, 0.25) is 0 Å². The quantitative estimate of drug-likeness (QED) is 0.480. The van der Waals surface area contributed by atoms with Gasteiger partial charge in [0.15, 0.2) is 0 Å². The number of rotatable bonds is 6. The molecule has 0 spiro atoms. The van der Waals surface area contributed by atoms with Gasteiger partial charge in [-0.1, -0.05) is 43.3 Å². The fraction of sp³-hybridized carbons (Fsp3) is 0.333. The van der Waals surface area contributed by atoms with Crippen LogP contribution < -0.4 is 0 Å². The third-order valence-corrected chi connectivity index (χ3v) is 1.97. The van der Waals surface area contributed by atoms with Crippen LogP contribution in [0.5, 0.6) is 0 Å². The molecule has 0 saturated heterocycles. The average molecular weight is 213 g/mol. The Hall–Kier alpha value is -0.790. The van der Waals surface area contributed by atoms with Gasteiger partial charge in [0.05, 0.1) is 6.10 Å². The molecule has 0 aromatic carbocycles. The summed E-state index contributed by atoms with van der Waals surface area (Å²) >= 11 is 5.88. The third kappa shape index (κ3) is 5.05. The molecule has 0 aliphatic carbocycles. The molecule has 0 saturated carbocycles. The van der Waals surface area contributed by atoms with E-state index < -0.39 is 0 Å². The summed E-state index contributed by atoms with van der Waals surface area (Å²) in [6.07, 6.45) is 8.06. The second kappa shape index (κ2) is 7.60. The molecule has 78 valence electrons. The summed E-state index contributed by atoms with van der Waals surface area (Å²) in [5.41, 5.74) is 0.838. The molecule has 0 amide bonds. The standard InChI is InChI=1S/C12H17ClO/c1-5-7-11(13)9-8-10(3)12(6-2)14-4/h6-9,12H,2-3,5H2,1,4H3/b9-8-,11-7+. The van der Waals surface area contributed by atoms with Crippen LogP contribution in [0.25, 0.3) is 0 Å². The highest BCUT2D eigenvalue weighted by molar-refractivity contribution is 6.31. The maximum absolute atomic E-state index is 5.88. The number of hydrogen-bond acceptors (Lipinski definition) is 1. The van der Waals surface area contributed by atoms with Crippen molar-refractivity contribution in [2.45, 2.75) is 19.4 Å². The first-order chi connectivity index (χ1) is 6.65. The van der Waals surface area contributed by atoms with Crippen molar-refractivity contribution in [2.24, 2.45) is 0 Å². The van der Waals surface area contributed by atoms with Crippen molar-refractivity contribution in [1.29, 1.82) is 0 Å². The van der Waals surface area contributed by atoms with Gasteiger partial charge in [-0.05, 0) is 18.1 Å². The first-order valence-electron chi connectivity index (χ1n) is 4.53. The summed E-state index contributed by atoms with van der Waals surface area (Å²) < 4.78 is 5.12. The molecule has 0 fully saturated rings. The summed E-state index contributed by atoms with van der Waals surface area (Å²) in [6, 6.07) is 0. The van der Waals surface area contributed by atoms with Crippen LogP contribution in [-0.4, -0.2) is 13.2 Å². The fourth-order valence-electron chi connectivity index (χ4n) is 0.944. The van der Waals surface area contributed by atoms with E-state index in [-0.39, 0.29) is 6.10 Å². The van der Waals surface area contributed by atoms with E-state index in [9.17, 15) is 0 Å². The summed E-state index contributed by atoms with van der Waals surface area (Å²) in [5, 5.41) is 0.715. The van der Waals surface area contributed by atoms with Gasteiger partial charge >= 0.3 is 0 Å². The zero-order valence-electron chi connectivity index (χ0n) is 8.79. The minimum Gasteiger partial charge on any atom is -0.373 e. The first-order valence-corrected chi connectivity index (χ1v) is 4.91. The Morgan fingerprint density at radius 3 is 2.57 bits per heavy atom. The van der Waals surface area contributed by atoms with Crippen LogP contribution in [0.4, 0.5) is 0 Å². The van der Waals surface area contributed by atoms with Crippen LogP contribution in [0, 0.1) is 0 Å². The van der Waals surface area contributed by atoms with Gasteiger partial charge in [0.2, 0.25) is 0 Å². The Morgan fingerprint density at radius 2 is 2.14 bits per heavy atom. The topological polar surface area (TPSA) is 9.23 Å². The molecule has 14 heavy (non-hydrogen) atoms. The molecule has 0 aliphatic heterocycles. The Kier molecular flexibility index (Phi) is 7.17. The van der Waals surface area contributed by atoms with Crippen LogP contribution in [0.15, 0.2) is 48.1 Å². The normalized spacial score (nSPS) is 14.4. The van der Waals surface area contributed by atoms with Gasteiger partial charge in [0, 0.05) is 12.1 Å². The van der Waals surface area contributed by atoms with E-state index in [0.717, 1.165) is 12.0 Å². The van der Waals surface area contributed by atoms with Gasteiger partial charge in [-0.25, -0.2) is 0 Å². The van der Waals surface area contributed by atoms with Gasteiger partial charge in [0.25, 0.3) is 0 Å². The van der Waals surface area contributed by atoms with Gasteiger partial charge in [0.1, 0.15) is 0 Å². The molecule has 0 radical (unpaired) electrons. The fourth-order valence-corrected chi connectivity index (χ4v) is 1.16. The van der Waals surface area contributed by atoms with E-state index in [1.165, 1.54) is 0 Å². The van der Waals surface area contributed by atoms with Crippen LogP contribution >= 0.6 is 11.6 Å². The minimum atomic E-state index is -0.141. The molecule has 1 unspecified atom stereocenters. The zero-order chi connectivity index (χ0) is 11.0. The lowest BCUT2D eigenvalue weighted by molar-refractivity contribution is 0.172. The number of ether oxygens (including phenoxy) is 1. The third-order valence-electron chi connectivity index (χ3n) is 1.69. The van der Waals surface area contributed by atoms with E-state index in [1.807, 2.05) is 25.2 Å². The van der Waals surface area contributed by atoms with E-state index >= 15 is 0 Å². The van der Waals surface area contributed by atoms with Crippen molar-refractivity contribution in [3.05, 3.63) is 48.1 Å². The van der Waals surface area contributed by atoms with Crippen molar-refractivity contribution in [3.8, 4) is 0 Å². The minimum absolute atomic E-state index is 0.141. The second-order valence-corrected chi connectivity index (χ2v) is 3.23. The van der Waals surface area contributed by atoms with E-state index in [4.69, 9.17) is 16.3 Å². The maximum Gasteiger partial charge on any atom is 0.0994 e. The molecular formula is C12H17ClO. The molecular weight excluding hydrogens is 196 g/mol. The van der Waals surface area contributed by atoms with Crippen molar-refractivity contribution in [1.82, 2.24) is 0 Å². The van der Waals surface area contributed by atoms with Gasteiger partial charge in [-0.3, -0.25) is 0 Å². The predicted octanol–water partition coefficient (Wildman–Crippen LogP) is 3.83. The molecule has 0 bridgehead atoms. The Bertz CT molecular complexity index is 251. The van der Waals surface area contributed by atoms with E-state index in [0.29, 0.717) is 5.03 Å². The molecule has 0 aromatic rings. The molecule has 1 atom stereocenters. The van der Waals surface area contributed by atoms with Crippen LogP contribution in [0.1, 0.15) is 13.3 Å². The number of methoxy groups -OCH3 is 1. The smallest absolute Gasteiger partial charge is 0.0994 e. The molecule has 1 nitrogen and oxygen atoms in total. The summed E-state index contributed by atoms with van der Waals surface area (Å²) in [6.45, 7) is 9.54. The highest BCUT2D eigenvalue weighted by Gasteiger charge is 2.02. The van der Waals surface area contributed by atoms with Crippen molar-refractivity contribution < 1.29 is 4.74 Å². The lowest BCUT2D eigenvalue weighted by Crippen LogP contribution is -2.07. The summed E-state index contributed by atoms with van der Waals surface area (Å²) in [4.78, 5) is 0. The predicted molar refractivity (Wildman–Crippen MR) is 63.5 cm³/mol. The number of hydrogen-bond donors (Lipinski definition) is 0. The lowest BCUT2D eigenvalue weighted by atomic mass is 10.1. The Labute approximate surface area is 91.4 Å². The SMILES string of the molecule is C=CC(OC)C(=C)/C=C\C(Cl)=C/CC. The average Bonchev–Trinajstić information content (AvgIpc) is 2.17. The molecule has 2 heteroatoms. The van der Waals surface area contributed by atoms with Crippen LogP contribution in [0.3, 0.4) is 0 Å². The second-order valence-electron chi connectivity index (χ2n) is 2.80. The molecule has 0 aliphatic rings. The largest absolute Gasteiger partial charge is 0.373 e.